The first-order chi connectivity index (χ1) is 14.6. The predicted molar refractivity (Wildman–Crippen MR) is 116 cm³/mol. The Morgan fingerprint density at radius 3 is 2.50 bits per heavy atom. The number of amides is 1. The van der Waals surface area contributed by atoms with Gasteiger partial charge in [0.25, 0.3) is 0 Å². The highest BCUT2D eigenvalue weighted by atomic mass is 32.2. The first kappa shape index (κ1) is 20.5. The predicted octanol–water partition coefficient (Wildman–Crippen LogP) is 2.99. The first-order valence-electron chi connectivity index (χ1n) is 10.2. The maximum atomic E-state index is 13.2. The smallest absolute Gasteiger partial charge is 0.245 e. The third-order valence-corrected chi connectivity index (χ3v) is 7.52. The number of hydrogen-bond acceptors (Lipinski definition) is 4. The maximum absolute atomic E-state index is 13.2. The van der Waals surface area contributed by atoms with E-state index in [0.29, 0.717) is 38.0 Å². The van der Waals surface area contributed by atoms with E-state index in [-0.39, 0.29) is 16.7 Å². The largest absolute Gasteiger partial charge is 0.356 e. The van der Waals surface area contributed by atoms with Gasteiger partial charge in [-0.05, 0) is 37.0 Å². The molecule has 1 aliphatic rings. The molecule has 1 fully saturated rings. The van der Waals surface area contributed by atoms with Gasteiger partial charge in [-0.15, -0.1) is 0 Å². The van der Waals surface area contributed by atoms with Crippen molar-refractivity contribution in [3.05, 3.63) is 72.4 Å². The molecule has 1 aliphatic heterocycles. The summed E-state index contributed by atoms with van der Waals surface area (Å²) < 4.78 is 27.9. The molecule has 2 heterocycles. The number of fused-ring (bicyclic) bond motifs is 1. The van der Waals surface area contributed by atoms with Crippen LogP contribution in [0, 0.1) is 5.92 Å². The Morgan fingerprint density at radius 1 is 1.00 bits per heavy atom. The Bertz CT molecular complexity index is 1120. The molecular weight excluding hydrogens is 398 g/mol. The van der Waals surface area contributed by atoms with Gasteiger partial charge in [-0.25, -0.2) is 8.42 Å². The molecule has 0 bridgehead atoms. The van der Waals surface area contributed by atoms with Crippen LogP contribution < -0.4 is 5.32 Å². The molecule has 0 aliphatic carbocycles. The lowest BCUT2D eigenvalue weighted by molar-refractivity contribution is -0.126. The van der Waals surface area contributed by atoms with Crippen LogP contribution in [0.3, 0.4) is 0 Å². The van der Waals surface area contributed by atoms with Gasteiger partial charge in [0.2, 0.25) is 15.9 Å². The molecule has 156 valence electrons. The number of rotatable bonds is 6. The third-order valence-electron chi connectivity index (χ3n) is 5.59. The molecule has 1 saturated heterocycles. The minimum atomic E-state index is -3.65. The summed E-state index contributed by atoms with van der Waals surface area (Å²) in [5.41, 5.74) is 1.67. The molecule has 0 saturated carbocycles. The van der Waals surface area contributed by atoms with E-state index in [1.54, 1.807) is 24.4 Å². The van der Waals surface area contributed by atoms with E-state index in [9.17, 15) is 13.2 Å². The van der Waals surface area contributed by atoms with Crippen LogP contribution in [0.4, 0.5) is 0 Å². The van der Waals surface area contributed by atoms with Crippen molar-refractivity contribution in [2.24, 2.45) is 5.92 Å². The molecule has 0 unspecified atom stereocenters. The second kappa shape index (κ2) is 8.93. The van der Waals surface area contributed by atoms with Crippen LogP contribution in [-0.2, 0) is 21.2 Å². The molecule has 3 aromatic rings. The second-order valence-corrected chi connectivity index (χ2v) is 9.44. The fraction of sp³-hybridized carbons (Fsp3) is 0.304. The Kier molecular flexibility index (Phi) is 6.11. The molecule has 0 spiro atoms. The number of nitrogens with one attached hydrogen (secondary N) is 1. The summed E-state index contributed by atoms with van der Waals surface area (Å²) in [5.74, 6) is -0.146. The monoisotopic (exact) mass is 423 g/mol. The SMILES string of the molecule is O=C(NCCc1ccccc1)C1CCN(S(=O)(=O)c2cccc3cccnc23)CC1. The minimum absolute atomic E-state index is 0.00908. The number of piperidine rings is 1. The second-order valence-electron chi connectivity index (χ2n) is 7.54. The van der Waals surface area contributed by atoms with Crippen LogP contribution in [0.1, 0.15) is 18.4 Å². The Labute approximate surface area is 177 Å². The van der Waals surface area contributed by atoms with Gasteiger partial charge in [-0.1, -0.05) is 48.5 Å². The van der Waals surface area contributed by atoms with Gasteiger partial charge in [-0.3, -0.25) is 9.78 Å². The normalized spacial score (nSPS) is 15.9. The van der Waals surface area contributed by atoms with Gasteiger partial charge < -0.3 is 5.32 Å². The number of carbonyl (C=O) groups is 1. The van der Waals surface area contributed by atoms with E-state index in [1.807, 2.05) is 42.5 Å². The maximum Gasteiger partial charge on any atom is 0.245 e. The average molecular weight is 424 g/mol. The molecule has 7 heteroatoms. The summed E-state index contributed by atoms with van der Waals surface area (Å²) >= 11 is 0. The minimum Gasteiger partial charge on any atom is -0.356 e. The number of pyridine rings is 1. The van der Waals surface area contributed by atoms with E-state index in [4.69, 9.17) is 0 Å². The topological polar surface area (TPSA) is 79.4 Å². The first-order valence-corrected chi connectivity index (χ1v) is 11.7. The zero-order valence-electron chi connectivity index (χ0n) is 16.7. The van der Waals surface area contributed by atoms with Crippen LogP contribution in [-0.4, -0.2) is 43.2 Å². The van der Waals surface area contributed by atoms with E-state index in [0.717, 1.165) is 11.8 Å². The average Bonchev–Trinajstić information content (AvgIpc) is 2.79. The van der Waals surface area contributed by atoms with Crippen LogP contribution in [0.5, 0.6) is 0 Å². The lowest BCUT2D eigenvalue weighted by atomic mass is 9.97. The summed E-state index contributed by atoms with van der Waals surface area (Å²) in [6.45, 7) is 1.26. The van der Waals surface area contributed by atoms with Gasteiger partial charge in [0.1, 0.15) is 4.90 Å². The van der Waals surface area contributed by atoms with Gasteiger partial charge in [-0.2, -0.15) is 4.31 Å². The summed E-state index contributed by atoms with van der Waals surface area (Å²) in [4.78, 5) is 17.0. The number of hydrogen-bond donors (Lipinski definition) is 1. The van der Waals surface area contributed by atoms with Crippen LogP contribution >= 0.6 is 0 Å². The van der Waals surface area contributed by atoms with Crippen molar-refractivity contribution in [1.29, 1.82) is 0 Å². The van der Waals surface area contributed by atoms with Gasteiger partial charge in [0, 0.05) is 37.1 Å². The molecular formula is C23H25N3O3S. The highest BCUT2D eigenvalue weighted by molar-refractivity contribution is 7.89. The molecule has 1 aromatic heterocycles. The molecule has 30 heavy (non-hydrogen) atoms. The molecule has 1 N–H and O–H groups in total. The Hall–Kier alpha value is -2.77. The van der Waals surface area contributed by atoms with E-state index >= 15 is 0 Å². The number of benzene rings is 2. The van der Waals surface area contributed by atoms with E-state index < -0.39 is 10.0 Å². The van der Waals surface area contributed by atoms with Crippen LogP contribution in [0.2, 0.25) is 0 Å². The van der Waals surface area contributed by atoms with Gasteiger partial charge in [0.05, 0.1) is 5.52 Å². The zero-order chi connectivity index (χ0) is 21.0. The van der Waals surface area contributed by atoms with E-state index in [1.165, 1.54) is 9.87 Å². The fourth-order valence-corrected chi connectivity index (χ4v) is 5.54. The van der Waals surface area contributed by atoms with Crippen molar-refractivity contribution in [1.82, 2.24) is 14.6 Å². The van der Waals surface area contributed by atoms with Crippen molar-refractivity contribution in [2.45, 2.75) is 24.2 Å². The summed E-state index contributed by atoms with van der Waals surface area (Å²) in [6, 6.07) is 18.9. The molecule has 0 radical (unpaired) electrons. The van der Waals surface area contributed by atoms with Crippen LogP contribution in [0.15, 0.2) is 71.8 Å². The number of nitrogens with zero attached hydrogens (tertiary/aromatic N) is 2. The summed E-state index contributed by atoms with van der Waals surface area (Å²) in [6.07, 6.45) is 3.43. The molecule has 6 nitrogen and oxygen atoms in total. The number of sulfonamides is 1. The fourth-order valence-electron chi connectivity index (χ4n) is 3.90. The summed E-state index contributed by atoms with van der Waals surface area (Å²) in [5, 5.41) is 3.79. The standard InChI is InChI=1S/C23H25N3O3S/c27-23(25-15-11-18-6-2-1-3-7-18)20-12-16-26(17-13-20)30(28,29)21-10-4-8-19-9-5-14-24-22(19)21/h1-10,14,20H,11-13,15-17H2,(H,25,27). The Morgan fingerprint density at radius 2 is 1.73 bits per heavy atom. The lowest BCUT2D eigenvalue weighted by Crippen LogP contribution is -2.43. The third kappa shape index (κ3) is 4.37. The van der Waals surface area contributed by atoms with Gasteiger partial charge >= 0.3 is 0 Å². The number of para-hydroxylation sites is 1. The van der Waals surface area contributed by atoms with Crippen LogP contribution in [0.25, 0.3) is 10.9 Å². The van der Waals surface area contributed by atoms with Crippen molar-refractivity contribution < 1.29 is 13.2 Å². The van der Waals surface area contributed by atoms with Crippen molar-refractivity contribution in [2.75, 3.05) is 19.6 Å². The zero-order valence-corrected chi connectivity index (χ0v) is 17.5. The molecule has 4 rings (SSSR count). The molecule has 1 amide bonds. The lowest BCUT2D eigenvalue weighted by Gasteiger charge is -2.30. The molecule has 2 aromatic carbocycles. The molecule has 0 atom stereocenters. The quantitative estimate of drug-likeness (QED) is 0.661. The van der Waals surface area contributed by atoms with Crippen molar-refractivity contribution in [3.63, 3.8) is 0 Å². The highest BCUT2D eigenvalue weighted by Gasteiger charge is 2.33. The summed E-state index contributed by atoms with van der Waals surface area (Å²) in [7, 11) is -3.65. The van der Waals surface area contributed by atoms with E-state index in [2.05, 4.69) is 10.3 Å². The van der Waals surface area contributed by atoms with Crippen molar-refractivity contribution in [3.8, 4) is 0 Å². The number of carbonyl (C=O) groups excluding carboxylic acids is 1. The van der Waals surface area contributed by atoms with Crippen molar-refractivity contribution >= 4 is 26.8 Å². The Balaban J connectivity index is 1.36. The number of aromatic nitrogens is 1. The van der Waals surface area contributed by atoms with Gasteiger partial charge in [0.15, 0.2) is 0 Å². The highest BCUT2D eigenvalue weighted by Crippen LogP contribution is 2.27.